The van der Waals surface area contributed by atoms with E-state index in [9.17, 15) is 9.59 Å². The van der Waals surface area contributed by atoms with Gasteiger partial charge in [-0.15, -0.1) is 0 Å². The largest absolute Gasteiger partial charge is 0.478 e. The van der Waals surface area contributed by atoms with Gasteiger partial charge in [-0.05, 0) is 24.3 Å². The van der Waals surface area contributed by atoms with E-state index in [1.54, 1.807) is 6.07 Å². The Bertz CT molecular complexity index is 689. The molecule has 0 spiro atoms. The molecule has 20 heavy (non-hydrogen) atoms. The van der Waals surface area contributed by atoms with Gasteiger partial charge in [0.05, 0.1) is 28.0 Å². The highest BCUT2D eigenvalue weighted by Crippen LogP contribution is 2.21. The van der Waals surface area contributed by atoms with Crippen LogP contribution in [-0.4, -0.2) is 22.0 Å². The predicted octanol–water partition coefficient (Wildman–Crippen LogP) is 3.34. The first kappa shape index (κ1) is 14.3. The van der Waals surface area contributed by atoms with Gasteiger partial charge < -0.3 is 10.4 Å². The fourth-order valence-electron chi connectivity index (χ4n) is 1.50. The highest BCUT2D eigenvalue weighted by Gasteiger charge is 2.12. The van der Waals surface area contributed by atoms with Crippen LogP contribution in [0, 0.1) is 0 Å². The SMILES string of the molecule is O=C(O)c1cncc(NC(=O)c2cc(Cl)ccc2Cl)c1. The summed E-state index contributed by atoms with van der Waals surface area (Å²) in [7, 11) is 0. The first-order valence-corrected chi connectivity index (χ1v) is 6.17. The van der Waals surface area contributed by atoms with Crippen molar-refractivity contribution < 1.29 is 14.7 Å². The van der Waals surface area contributed by atoms with Gasteiger partial charge in [0.2, 0.25) is 0 Å². The maximum atomic E-state index is 12.0. The number of rotatable bonds is 3. The summed E-state index contributed by atoms with van der Waals surface area (Å²) in [6.45, 7) is 0. The molecular weight excluding hydrogens is 303 g/mol. The highest BCUT2D eigenvalue weighted by molar-refractivity contribution is 6.36. The van der Waals surface area contributed by atoms with Crippen molar-refractivity contribution in [3.05, 3.63) is 57.8 Å². The molecular formula is C13H8Cl2N2O3. The smallest absolute Gasteiger partial charge is 0.337 e. The number of anilines is 1. The average Bonchev–Trinajstić information content (AvgIpc) is 2.41. The quantitative estimate of drug-likeness (QED) is 0.911. The summed E-state index contributed by atoms with van der Waals surface area (Å²) < 4.78 is 0. The minimum Gasteiger partial charge on any atom is -0.478 e. The van der Waals surface area contributed by atoms with Crippen LogP contribution < -0.4 is 5.32 Å². The minimum absolute atomic E-state index is 0.0278. The molecule has 0 saturated heterocycles. The Morgan fingerprint density at radius 3 is 2.60 bits per heavy atom. The monoisotopic (exact) mass is 310 g/mol. The zero-order valence-electron chi connectivity index (χ0n) is 9.93. The third-order valence-corrected chi connectivity index (χ3v) is 2.98. The summed E-state index contributed by atoms with van der Waals surface area (Å²) in [5.41, 5.74) is 0.422. The number of carbonyl (C=O) groups is 2. The number of nitrogens with zero attached hydrogens (tertiary/aromatic N) is 1. The maximum absolute atomic E-state index is 12.0. The summed E-state index contributed by atoms with van der Waals surface area (Å²) in [6.07, 6.45) is 2.52. The van der Waals surface area contributed by atoms with Crippen LogP contribution in [0.15, 0.2) is 36.7 Å². The Labute approximate surface area is 124 Å². The zero-order chi connectivity index (χ0) is 14.7. The van der Waals surface area contributed by atoms with Gasteiger partial charge in [-0.1, -0.05) is 23.2 Å². The Morgan fingerprint density at radius 1 is 1.15 bits per heavy atom. The van der Waals surface area contributed by atoms with E-state index in [0.29, 0.717) is 5.02 Å². The number of hydrogen-bond acceptors (Lipinski definition) is 3. The molecule has 2 N–H and O–H groups in total. The van der Waals surface area contributed by atoms with Gasteiger partial charge >= 0.3 is 5.97 Å². The van der Waals surface area contributed by atoms with Gasteiger partial charge in [-0.2, -0.15) is 0 Å². The van der Waals surface area contributed by atoms with Crippen LogP contribution in [0.3, 0.4) is 0 Å². The number of aromatic carboxylic acids is 1. The summed E-state index contributed by atoms with van der Waals surface area (Å²) in [5.74, 6) is -1.63. The summed E-state index contributed by atoms with van der Waals surface area (Å²) in [5, 5.41) is 12.0. The molecule has 0 radical (unpaired) electrons. The summed E-state index contributed by atoms with van der Waals surface area (Å²) in [6, 6.07) is 5.79. The van der Waals surface area contributed by atoms with Crippen molar-refractivity contribution in [3.63, 3.8) is 0 Å². The molecule has 0 aliphatic carbocycles. The van der Waals surface area contributed by atoms with Crippen molar-refractivity contribution in [3.8, 4) is 0 Å². The summed E-state index contributed by atoms with van der Waals surface area (Å²) >= 11 is 11.7. The molecule has 0 atom stereocenters. The molecule has 0 unspecified atom stereocenters. The maximum Gasteiger partial charge on any atom is 0.337 e. The molecule has 0 saturated carbocycles. The van der Waals surface area contributed by atoms with Crippen LogP contribution in [0.5, 0.6) is 0 Å². The summed E-state index contributed by atoms with van der Waals surface area (Å²) in [4.78, 5) is 26.6. The van der Waals surface area contributed by atoms with Crippen molar-refractivity contribution >= 4 is 40.8 Å². The molecule has 2 aromatic rings. The number of aromatic nitrogens is 1. The fourth-order valence-corrected chi connectivity index (χ4v) is 1.87. The lowest BCUT2D eigenvalue weighted by Gasteiger charge is -2.07. The second-order valence-corrected chi connectivity index (χ2v) is 4.69. The predicted molar refractivity (Wildman–Crippen MR) is 75.6 cm³/mol. The number of carboxylic acid groups (broad SMARTS) is 1. The van der Waals surface area contributed by atoms with E-state index in [1.165, 1.54) is 30.6 Å². The Morgan fingerprint density at radius 2 is 1.90 bits per heavy atom. The molecule has 1 aromatic carbocycles. The third kappa shape index (κ3) is 3.26. The van der Waals surface area contributed by atoms with E-state index < -0.39 is 11.9 Å². The van der Waals surface area contributed by atoms with E-state index in [1.807, 2.05) is 0 Å². The number of benzene rings is 1. The van der Waals surface area contributed by atoms with Gasteiger partial charge in [0.1, 0.15) is 0 Å². The molecule has 1 aromatic heterocycles. The number of nitrogens with one attached hydrogen (secondary N) is 1. The number of carboxylic acids is 1. The second kappa shape index (κ2) is 5.90. The molecule has 2 rings (SSSR count). The standard InChI is InChI=1S/C13H8Cl2N2O3/c14-8-1-2-11(15)10(4-8)12(18)17-9-3-7(13(19)20)5-16-6-9/h1-6H,(H,17,18)(H,19,20). The van der Waals surface area contributed by atoms with E-state index in [-0.39, 0.29) is 21.8 Å². The number of hydrogen-bond donors (Lipinski definition) is 2. The van der Waals surface area contributed by atoms with Gasteiger partial charge in [-0.3, -0.25) is 9.78 Å². The van der Waals surface area contributed by atoms with E-state index in [0.717, 1.165) is 0 Å². The van der Waals surface area contributed by atoms with Crippen LogP contribution in [0.4, 0.5) is 5.69 Å². The molecule has 0 fully saturated rings. The van der Waals surface area contributed by atoms with Gasteiger partial charge in [0.15, 0.2) is 0 Å². The van der Waals surface area contributed by atoms with Crippen molar-refractivity contribution in [2.75, 3.05) is 5.32 Å². The van der Waals surface area contributed by atoms with E-state index in [2.05, 4.69) is 10.3 Å². The molecule has 1 heterocycles. The van der Waals surface area contributed by atoms with Crippen molar-refractivity contribution in [1.29, 1.82) is 0 Å². The third-order valence-electron chi connectivity index (χ3n) is 2.42. The zero-order valence-corrected chi connectivity index (χ0v) is 11.4. The fraction of sp³-hybridized carbons (Fsp3) is 0. The van der Waals surface area contributed by atoms with Gasteiger partial charge in [-0.25, -0.2) is 4.79 Å². The molecule has 5 nitrogen and oxygen atoms in total. The molecule has 0 bridgehead atoms. The number of pyridine rings is 1. The Kier molecular flexibility index (Phi) is 4.22. The second-order valence-electron chi connectivity index (χ2n) is 3.85. The molecule has 0 aliphatic rings. The van der Waals surface area contributed by atoms with Crippen LogP contribution >= 0.6 is 23.2 Å². The number of carbonyl (C=O) groups excluding carboxylic acids is 1. The van der Waals surface area contributed by atoms with E-state index in [4.69, 9.17) is 28.3 Å². The molecule has 7 heteroatoms. The van der Waals surface area contributed by atoms with Crippen molar-refractivity contribution in [2.45, 2.75) is 0 Å². The first-order chi connectivity index (χ1) is 9.47. The minimum atomic E-state index is -1.13. The Hall–Kier alpha value is -2.11. The van der Waals surface area contributed by atoms with E-state index >= 15 is 0 Å². The molecule has 1 amide bonds. The van der Waals surface area contributed by atoms with Crippen LogP contribution in [0.2, 0.25) is 10.0 Å². The number of halogens is 2. The Balaban J connectivity index is 2.25. The lowest BCUT2D eigenvalue weighted by molar-refractivity contribution is 0.0696. The van der Waals surface area contributed by atoms with Crippen molar-refractivity contribution in [1.82, 2.24) is 4.98 Å². The van der Waals surface area contributed by atoms with Crippen LogP contribution in [0.25, 0.3) is 0 Å². The van der Waals surface area contributed by atoms with Gasteiger partial charge in [0.25, 0.3) is 5.91 Å². The van der Waals surface area contributed by atoms with Crippen LogP contribution in [0.1, 0.15) is 20.7 Å². The lowest BCUT2D eigenvalue weighted by Crippen LogP contribution is -2.13. The lowest BCUT2D eigenvalue weighted by atomic mass is 10.2. The van der Waals surface area contributed by atoms with Crippen molar-refractivity contribution in [2.24, 2.45) is 0 Å². The molecule has 0 aliphatic heterocycles. The average molecular weight is 311 g/mol. The number of amides is 1. The topological polar surface area (TPSA) is 79.3 Å². The normalized spacial score (nSPS) is 10.1. The van der Waals surface area contributed by atoms with Gasteiger partial charge in [0, 0.05) is 11.2 Å². The molecule has 102 valence electrons. The first-order valence-electron chi connectivity index (χ1n) is 5.42. The van der Waals surface area contributed by atoms with Crippen LogP contribution in [-0.2, 0) is 0 Å². The highest BCUT2D eigenvalue weighted by atomic mass is 35.5.